The lowest BCUT2D eigenvalue weighted by Crippen LogP contribution is -2.58. The van der Waals surface area contributed by atoms with Gasteiger partial charge in [-0.3, -0.25) is 4.90 Å². The highest BCUT2D eigenvalue weighted by Gasteiger charge is 2.45. The average Bonchev–Trinajstić information content (AvgIpc) is 2.48. The molecule has 0 radical (unpaired) electrons. The minimum absolute atomic E-state index is 0.0190. The molecule has 0 atom stereocenters. The summed E-state index contributed by atoms with van der Waals surface area (Å²) in [5, 5.41) is 0. The molecule has 1 heterocycles. The highest BCUT2D eigenvalue weighted by molar-refractivity contribution is 9.11. The summed E-state index contributed by atoms with van der Waals surface area (Å²) < 4.78 is 43.9. The molecular weight excluding hydrogens is 483 g/mol. The van der Waals surface area contributed by atoms with Gasteiger partial charge in [-0.25, -0.2) is 4.99 Å². The van der Waals surface area contributed by atoms with Gasteiger partial charge in [0.1, 0.15) is 11.4 Å². The predicted octanol–water partition coefficient (Wildman–Crippen LogP) is 4.22. The maximum atomic E-state index is 13.0. The van der Waals surface area contributed by atoms with Crippen LogP contribution in [0.2, 0.25) is 0 Å². The van der Waals surface area contributed by atoms with E-state index in [2.05, 4.69) is 46.6 Å². The Bertz CT molecular complexity index is 775. The minimum atomic E-state index is -4.86. The number of anilines is 1. The maximum Gasteiger partial charge on any atom is 0.573 e. The number of guanidine groups is 2. The number of alkyl halides is 3. The number of ether oxygens (including phenoxy) is 1. The van der Waals surface area contributed by atoms with E-state index >= 15 is 0 Å². The summed E-state index contributed by atoms with van der Waals surface area (Å²) >= 11 is 6.51. The molecule has 1 aliphatic carbocycles. The van der Waals surface area contributed by atoms with E-state index in [0.717, 1.165) is 19.3 Å². The zero-order valence-corrected chi connectivity index (χ0v) is 16.7. The molecule has 6 nitrogen and oxygen atoms in total. The first-order chi connectivity index (χ1) is 12.1. The van der Waals surface area contributed by atoms with Gasteiger partial charge in [-0.15, -0.1) is 13.2 Å². The number of nitrogens with two attached hydrogens (primary N) is 2. The van der Waals surface area contributed by atoms with Crippen molar-refractivity contribution in [3.05, 3.63) is 21.1 Å². The van der Waals surface area contributed by atoms with Crippen LogP contribution in [0, 0.1) is 0 Å². The standard InChI is InChI=1S/C15H16Br2F3N5O/c16-8-6-9(17)11(10(7-8)26-15(18,19)20)25-13(22)23-12(21)24-14(25)4-2-1-3-5-14/h6-7H,1-5H2,(H4,21,22,23,24). The molecule has 1 spiro atoms. The van der Waals surface area contributed by atoms with Crippen LogP contribution in [0.25, 0.3) is 0 Å². The third-order valence-corrected chi connectivity index (χ3v) is 5.36. The molecule has 142 valence electrons. The molecule has 0 amide bonds. The summed E-state index contributed by atoms with van der Waals surface area (Å²) in [6, 6.07) is 2.85. The van der Waals surface area contributed by atoms with Crippen molar-refractivity contribution in [2.75, 3.05) is 4.90 Å². The fourth-order valence-corrected chi connectivity index (χ4v) is 4.77. The second-order valence-electron chi connectivity index (χ2n) is 6.10. The first-order valence-corrected chi connectivity index (χ1v) is 9.44. The third-order valence-electron chi connectivity index (χ3n) is 4.29. The molecule has 3 rings (SSSR count). The van der Waals surface area contributed by atoms with Crippen molar-refractivity contribution in [2.24, 2.45) is 21.5 Å². The van der Waals surface area contributed by atoms with E-state index in [1.165, 1.54) is 11.0 Å². The smallest absolute Gasteiger partial charge is 0.403 e. The van der Waals surface area contributed by atoms with Crippen molar-refractivity contribution in [1.82, 2.24) is 0 Å². The molecule has 2 aliphatic rings. The molecule has 1 aromatic rings. The van der Waals surface area contributed by atoms with Gasteiger partial charge in [0.15, 0.2) is 5.75 Å². The van der Waals surface area contributed by atoms with Crippen LogP contribution in [0.4, 0.5) is 18.9 Å². The van der Waals surface area contributed by atoms with Crippen LogP contribution in [0.5, 0.6) is 5.75 Å². The molecule has 0 saturated heterocycles. The van der Waals surface area contributed by atoms with Gasteiger partial charge in [0.25, 0.3) is 0 Å². The summed E-state index contributed by atoms with van der Waals surface area (Å²) in [6.45, 7) is 0. The first-order valence-electron chi connectivity index (χ1n) is 7.86. The van der Waals surface area contributed by atoms with E-state index in [9.17, 15) is 13.2 Å². The number of nitrogens with zero attached hydrogens (tertiary/aromatic N) is 3. The lowest BCUT2D eigenvalue weighted by molar-refractivity contribution is -0.274. The van der Waals surface area contributed by atoms with Crippen molar-refractivity contribution in [2.45, 2.75) is 44.1 Å². The summed E-state index contributed by atoms with van der Waals surface area (Å²) in [6.07, 6.45) is -0.960. The number of rotatable bonds is 2. The van der Waals surface area contributed by atoms with Gasteiger partial charge < -0.3 is 16.2 Å². The predicted molar refractivity (Wildman–Crippen MR) is 100 cm³/mol. The van der Waals surface area contributed by atoms with Crippen molar-refractivity contribution in [3.63, 3.8) is 0 Å². The second kappa shape index (κ2) is 6.91. The van der Waals surface area contributed by atoms with E-state index in [1.807, 2.05) is 0 Å². The van der Waals surface area contributed by atoms with E-state index < -0.39 is 17.8 Å². The van der Waals surface area contributed by atoms with Crippen LogP contribution in [0.3, 0.4) is 0 Å². The van der Waals surface area contributed by atoms with E-state index in [1.54, 1.807) is 6.07 Å². The number of hydrogen-bond donors (Lipinski definition) is 2. The van der Waals surface area contributed by atoms with Gasteiger partial charge in [-0.05, 0) is 53.7 Å². The van der Waals surface area contributed by atoms with Gasteiger partial charge >= 0.3 is 6.36 Å². The molecule has 4 N–H and O–H groups in total. The Morgan fingerprint density at radius 3 is 2.38 bits per heavy atom. The van der Waals surface area contributed by atoms with Gasteiger partial charge in [0.2, 0.25) is 11.9 Å². The van der Waals surface area contributed by atoms with Crippen molar-refractivity contribution >= 4 is 49.5 Å². The molecule has 1 aromatic carbocycles. The largest absolute Gasteiger partial charge is 0.573 e. The molecule has 1 saturated carbocycles. The van der Waals surface area contributed by atoms with Crippen LogP contribution in [-0.2, 0) is 0 Å². The molecule has 0 unspecified atom stereocenters. The molecule has 0 aromatic heterocycles. The molecule has 1 fully saturated rings. The quantitative estimate of drug-likeness (QED) is 0.638. The van der Waals surface area contributed by atoms with Crippen LogP contribution < -0.4 is 21.1 Å². The van der Waals surface area contributed by atoms with Crippen molar-refractivity contribution in [1.29, 1.82) is 0 Å². The molecule has 0 bridgehead atoms. The number of halogens is 5. The fourth-order valence-electron chi connectivity index (χ4n) is 3.41. The van der Waals surface area contributed by atoms with Crippen LogP contribution in [0.1, 0.15) is 32.1 Å². The number of hydrogen-bond acceptors (Lipinski definition) is 6. The average molecular weight is 499 g/mol. The zero-order valence-electron chi connectivity index (χ0n) is 13.5. The Hall–Kier alpha value is -1.49. The van der Waals surface area contributed by atoms with Gasteiger partial charge in [-0.2, -0.15) is 4.99 Å². The summed E-state index contributed by atoms with van der Waals surface area (Å²) in [7, 11) is 0. The molecule has 1 aliphatic heterocycles. The molecular formula is C15H16Br2F3N5O. The summed E-state index contributed by atoms with van der Waals surface area (Å²) in [5.41, 5.74) is 11.1. The zero-order chi connectivity index (χ0) is 19.1. The Morgan fingerprint density at radius 2 is 1.77 bits per heavy atom. The van der Waals surface area contributed by atoms with E-state index in [0.29, 0.717) is 21.8 Å². The van der Waals surface area contributed by atoms with Gasteiger partial charge in [0, 0.05) is 8.95 Å². The Labute approximate surface area is 164 Å². The highest BCUT2D eigenvalue weighted by atomic mass is 79.9. The Morgan fingerprint density at radius 1 is 1.12 bits per heavy atom. The SMILES string of the molecule is NC1=NC2(CCCCC2)N(c2c(Br)cc(Br)cc2OC(F)(F)F)C(N)=N1. The first kappa shape index (κ1) is 19.3. The minimum Gasteiger partial charge on any atom is -0.403 e. The monoisotopic (exact) mass is 497 g/mol. The maximum absolute atomic E-state index is 13.0. The number of benzene rings is 1. The van der Waals surface area contributed by atoms with Crippen LogP contribution in [-0.4, -0.2) is 23.9 Å². The Balaban J connectivity index is 2.18. The summed E-state index contributed by atoms with van der Waals surface area (Å²) in [4.78, 5) is 9.94. The Kier molecular flexibility index (Phi) is 5.13. The van der Waals surface area contributed by atoms with E-state index in [4.69, 9.17) is 11.5 Å². The van der Waals surface area contributed by atoms with E-state index in [-0.39, 0.29) is 17.6 Å². The third kappa shape index (κ3) is 3.78. The van der Waals surface area contributed by atoms with Crippen LogP contribution >= 0.6 is 31.9 Å². The van der Waals surface area contributed by atoms with Crippen molar-refractivity contribution in [3.8, 4) is 5.75 Å². The fraction of sp³-hybridized carbons (Fsp3) is 0.467. The van der Waals surface area contributed by atoms with Crippen molar-refractivity contribution < 1.29 is 17.9 Å². The second-order valence-corrected chi connectivity index (χ2v) is 7.87. The lowest BCUT2D eigenvalue weighted by atomic mass is 9.87. The van der Waals surface area contributed by atoms with Crippen LogP contribution in [0.15, 0.2) is 31.1 Å². The number of aliphatic imine (C=N–C) groups is 2. The molecule has 26 heavy (non-hydrogen) atoms. The normalized spacial score (nSPS) is 20.0. The topological polar surface area (TPSA) is 89.2 Å². The lowest BCUT2D eigenvalue weighted by Gasteiger charge is -2.46. The molecule has 11 heteroatoms. The van der Waals surface area contributed by atoms with Gasteiger partial charge in [-0.1, -0.05) is 22.4 Å². The van der Waals surface area contributed by atoms with Gasteiger partial charge in [0.05, 0.1) is 0 Å². The highest BCUT2D eigenvalue weighted by Crippen LogP contribution is 2.47. The summed E-state index contributed by atoms with van der Waals surface area (Å²) in [5.74, 6) is -0.404.